The standard InChI is InChI=1S/C13H17ClFN3/c14-9-13(16)17-10-4-5-12(11(15)8-10)18-6-2-1-3-7-18/h4-5,8H,1-3,6-7,9H2,(H2,16,17). The first-order valence-electron chi connectivity index (χ1n) is 6.14. The molecule has 0 unspecified atom stereocenters. The van der Waals surface area contributed by atoms with Crippen molar-refractivity contribution in [2.45, 2.75) is 19.3 Å². The number of amidine groups is 1. The zero-order valence-electron chi connectivity index (χ0n) is 10.2. The van der Waals surface area contributed by atoms with E-state index in [1.165, 1.54) is 12.5 Å². The van der Waals surface area contributed by atoms with Gasteiger partial charge in [0.25, 0.3) is 0 Å². The fourth-order valence-electron chi connectivity index (χ4n) is 2.15. The molecule has 5 heteroatoms. The fourth-order valence-corrected chi connectivity index (χ4v) is 2.21. The summed E-state index contributed by atoms with van der Waals surface area (Å²) >= 11 is 5.54. The molecule has 1 saturated heterocycles. The molecule has 0 saturated carbocycles. The Hall–Kier alpha value is -1.29. The van der Waals surface area contributed by atoms with Crippen LogP contribution in [0.1, 0.15) is 19.3 Å². The van der Waals surface area contributed by atoms with Gasteiger partial charge in [0.05, 0.1) is 17.3 Å². The van der Waals surface area contributed by atoms with E-state index in [2.05, 4.69) is 9.89 Å². The van der Waals surface area contributed by atoms with Crippen LogP contribution >= 0.6 is 11.6 Å². The van der Waals surface area contributed by atoms with E-state index in [1.807, 2.05) is 0 Å². The van der Waals surface area contributed by atoms with E-state index in [0.717, 1.165) is 25.9 Å². The lowest BCUT2D eigenvalue weighted by atomic mass is 10.1. The number of nitrogens with two attached hydrogens (primary N) is 1. The maximum Gasteiger partial charge on any atom is 0.148 e. The molecular formula is C13H17ClFN3. The highest BCUT2D eigenvalue weighted by Crippen LogP contribution is 2.26. The number of aliphatic imine (C=N–C) groups is 1. The van der Waals surface area contributed by atoms with Crippen LogP contribution in [0.2, 0.25) is 0 Å². The predicted octanol–water partition coefficient (Wildman–Crippen LogP) is 3.04. The van der Waals surface area contributed by atoms with Crippen molar-refractivity contribution in [2.24, 2.45) is 10.7 Å². The Morgan fingerprint density at radius 3 is 2.67 bits per heavy atom. The van der Waals surface area contributed by atoms with Crippen LogP contribution in [0.5, 0.6) is 0 Å². The molecule has 1 heterocycles. The molecular weight excluding hydrogens is 253 g/mol. The molecule has 3 nitrogen and oxygen atoms in total. The summed E-state index contributed by atoms with van der Waals surface area (Å²) in [6.45, 7) is 1.84. The first kappa shape index (κ1) is 13.1. The first-order valence-corrected chi connectivity index (χ1v) is 6.67. The normalized spacial score (nSPS) is 17.0. The molecule has 2 N–H and O–H groups in total. The largest absolute Gasteiger partial charge is 0.386 e. The van der Waals surface area contributed by atoms with Crippen molar-refractivity contribution in [2.75, 3.05) is 23.9 Å². The van der Waals surface area contributed by atoms with Gasteiger partial charge in [0.1, 0.15) is 11.7 Å². The van der Waals surface area contributed by atoms with Crippen molar-refractivity contribution in [3.05, 3.63) is 24.0 Å². The summed E-state index contributed by atoms with van der Waals surface area (Å²) in [5.74, 6) is 0.192. The van der Waals surface area contributed by atoms with Gasteiger partial charge in [0, 0.05) is 19.2 Å². The highest BCUT2D eigenvalue weighted by molar-refractivity contribution is 6.28. The Bertz CT molecular complexity index is 442. The van der Waals surface area contributed by atoms with E-state index in [1.54, 1.807) is 12.1 Å². The summed E-state index contributed by atoms with van der Waals surface area (Å²) in [7, 11) is 0. The minimum atomic E-state index is -0.250. The van der Waals surface area contributed by atoms with Crippen molar-refractivity contribution in [1.82, 2.24) is 0 Å². The predicted molar refractivity (Wildman–Crippen MR) is 74.5 cm³/mol. The fraction of sp³-hybridized carbons (Fsp3) is 0.462. The number of anilines is 1. The molecule has 1 aliphatic rings. The number of piperidine rings is 1. The van der Waals surface area contributed by atoms with Crippen LogP contribution in [-0.4, -0.2) is 24.8 Å². The number of hydrogen-bond donors (Lipinski definition) is 1. The van der Waals surface area contributed by atoms with Crippen LogP contribution < -0.4 is 10.6 Å². The SMILES string of the molecule is NC(CCl)=Nc1ccc(N2CCCCC2)c(F)c1. The molecule has 0 amide bonds. The van der Waals surface area contributed by atoms with Crippen LogP contribution in [0, 0.1) is 5.82 Å². The smallest absolute Gasteiger partial charge is 0.148 e. The second-order valence-electron chi connectivity index (χ2n) is 4.42. The third-order valence-corrected chi connectivity index (χ3v) is 3.31. The molecule has 2 rings (SSSR count). The molecule has 0 aliphatic carbocycles. The van der Waals surface area contributed by atoms with E-state index in [-0.39, 0.29) is 11.7 Å². The number of hydrogen-bond acceptors (Lipinski definition) is 2. The number of alkyl halides is 1. The molecule has 0 aromatic heterocycles. The molecule has 0 spiro atoms. The van der Waals surface area contributed by atoms with Crippen molar-refractivity contribution in [3.8, 4) is 0 Å². The summed E-state index contributed by atoms with van der Waals surface area (Å²) in [5.41, 5.74) is 6.68. The summed E-state index contributed by atoms with van der Waals surface area (Å²) in [5, 5.41) is 0. The van der Waals surface area contributed by atoms with Crippen LogP contribution in [0.4, 0.5) is 15.8 Å². The molecule has 18 heavy (non-hydrogen) atoms. The average Bonchev–Trinajstić information content (AvgIpc) is 2.40. The monoisotopic (exact) mass is 269 g/mol. The van der Waals surface area contributed by atoms with Crippen LogP contribution in [-0.2, 0) is 0 Å². The lowest BCUT2D eigenvalue weighted by molar-refractivity contribution is 0.557. The zero-order valence-corrected chi connectivity index (χ0v) is 11.0. The molecule has 0 bridgehead atoms. The Balaban J connectivity index is 2.19. The molecule has 1 aromatic rings. The van der Waals surface area contributed by atoms with E-state index in [0.29, 0.717) is 17.2 Å². The minimum absolute atomic E-state index is 0.148. The summed E-state index contributed by atoms with van der Waals surface area (Å²) in [4.78, 5) is 6.11. The Labute approximate surface area is 111 Å². The van der Waals surface area contributed by atoms with Crippen molar-refractivity contribution in [1.29, 1.82) is 0 Å². The van der Waals surface area contributed by atoms with Gasteiger partial charge in [0.15, 0.2) is 0 Å². The van der Waals surface area contributed by atoms with Crippen LogP contribution in [0.3, 0.4) is 0 Å². The molecule has 0 atom stereocenters. The lowest BCUT2D eigenvalue weighted by Crippen LogP contribution is -2.30. The number of rotatable bonds is 3. The molecule has 1 fully saturated rings. The van der Waals surface area contributed by atoms with Gasteiger partial charge in [-0.1, -0.05) is 0 Å². The van der Waals surface area contributed by atoms with Gasteiger partial charge in [-0.2, -0.15) is 0 Å². The number of halogens is 2. The highest BCUT2D eigenvalue weighted by Gasteiger charge is 2.14. The van der Waals surface area contributed by atoms with Crippen LogP contribution in [0.25, 0.3) is 0 Å². The van der Waals surface area contributed by atoms with Gasteiger partial charge < -0.3 is 10.6 Å². The Kier molecular flexibility index (Phi) is 4.42. The van der Waals surface area contributed by atoms with Crippen molar-refractivity contribution in [3.63, 3.8) is 0 Å². The highest BCUT2D eigenvalue weighted by atomic mass is 35.5. The van der Waals surface area contributed by atoms with Gasteiger partial charge in [0.2, 0.25) is 0 Å². The van der Waals surface area contributed by atoms with Gasteiger partial charge in [-0.15, -0.1) is 11.6 Å². The Morgan fingerprint density at radius 2 is 2.06 bits per heavy atom. The summed E-state index contributed by atoms with van der Waals surface area (Å²) < 4.78 is 14.0. The van der Waals surface area contributed by atoms with E-state index in [9.17, 15) is 4.39 Å². The Morgan fingerprint density at radius 1 is 1.33 bits per heavy atom. The summed E-state index contributed by atoms with van der Waals surface area (Å²) in [6.07, 6.45) is 3.48. The average molecular weight is 270 g/mol. The van der Waals surface area contributed by atoms with Gasteiger partial charge in [-0.05, 0) is 31.4 Å². The topological polar surface area (TPSA) is 41.6 Å². The third kappa shape index (κ3) is 3.13. The molecule has 1 aliphatic heterocycles. The lowest BCUT2D eigenvalue weighted by Gasteiger charge is -2.29. The van der Waals surface area contributed by atoms with Gasteiger partial charge >= 0.3 is 0 Å². The zero-order chi connectivity index (χ0) is 13.0. The van der Waals surface area contributed by atoms with Crippen LogP contribution in [0.15, 0.2) is 23.2 Å². The minimum Gasteiger partial charge on any atom is -0.386 e. The van der Waals surface area contributed by atoms with E-state index >= 15 is 0 Å². The van der Waals surface area contributed by atoms with E-state index in [4.69, 9.17) is 17.3 Å². The summed E-state index contributed by atoms with van der Waals surface area (Å²) in [6, 6.07) is 4.94. The van der Waals surface area contributed by atoms with Crippen molar-refractivity contribution < 1.29 is 4.39 Å². The van der Waals surface area contributed by atoms with Gasteiger partial charge in [-0.25, -0.2) is 9.38 Å². The quantitative estimate of drug-likeness (QED) is 0.521. The maximum absolute atomic E-state index is 14.0. The second-order valence-corrected chi connectivity index (χ2v) is 4.69. The first-order chi connectivity index (χ1) is 8.70. The molecule has 1 aromatic carbocycles. The third-order valence-electron chi connectivity index (χ3n) is 3.04. The van der Waals surface area contributed by atoms with Crippen molar-refractivity contribution >= 4 is 28.8 Å². The maximum atomic E-state index is 14.0. The molecule has 98 valence electrons. The second kappa shape index (κ2) is 6.05. The van der Waals surface area contributed by atoms with E-state index < -0.39 is 0 Å². The molecule has 0 radical (unpaired) electrons. The number of nitrogens with zero attached hydrogens (tertiary/aromatic N) is 2. The van der Waals surface area contributed by atoms with Gasteiger partial charge in [-0.3, -0.25) is 0 Å². The number of benzene rings is 1.